The molecule has 0 bridgehead atoms. The Balaban J connectivity index is 3.08. The van der Waals surface area contributed by atoms with Crippen molar-refractivity contribution in [3.8, 4) is 0 Å². The average molecular weight is 305 g/mol. The van der Waals surface area contributed by atoms with Crippen molar-refractivity contribution in [3.63, 3.8) is 0 Å². The minimum atomic E-state index is -3.22. The van der Waals surface area contributed by atoms with Gasteiger partial charge in [-0.1, -0.05) is 13.3 Å². The van der Waals surface area contributed by atoms with E-state index in [2.05, 4.69) is 10.4 Å². The summed E-state index contributed by atoms with van der Waals surface area (Å²) in [7, 11) is -3.22. The lowest BCUT2D eigenvalue weighted by Crippen LogP contribution is -2.30. The number of hydrogen-bond acceptors (Lipinski definition) is 6. The lowest BCUT2D eigenvalue weighted by molar-refractivity contribution is 0.0956. The fourth-order valence-electron chi connectivity index (χ4n) is 1.45. The smallest absolute Gasteiger partial charge is 0.277 e. The third kappa shape index (κ3) is 3.99. The molecule has 0 saturated heterocycles. The number of rotatable bonds is 6. The number of hydrazine groups is 1. The molecule has 0 unspecified atom stereocenters. The molecule has 1 heterocycles. The lowest BCUT2D eigenvalue weighted by Gasteiger charge is -2.04. The second-order valence-electron chi connectivity index (χ2n) is 4.46. The van der Waals surface area contributed by atoms with Crippen LogP contribution < -0.4 is 11.3 Å². The Bertz CT molecular complexity index is 550. The third-order valence-corrected chi connectivity index (χ3v) is 6.00. The fourth-order valence-corrected chi connectivity index (χ4v) is 3.73. The van der Waals surface area contributed by atoms with E-state index in [-0.39, 0.29) is 5.75 Å². The average Bonchev–Trinajstić information content (AvgIpc) is 2.70. The molecular formula is C11H19N3O3S2. The first-order valence-corrected chi connectivity index (χ1v) is 8.56. The van der Waals surface area contributed by atoms with E-state index in [0.29, 0.717) is 22.0 Å². The summed E-state index contributed by atoms with van der Waals surface area (Å²) >= 11 is 1.09. The number of nitrogens with one attached hydrogen (secondary N) is 1. The van der Waals surface area contributed by atoms with Crippen LogP contribution in [0, 0.1) is 0 Å². The van der Waals surface area contributed by atoms with E-state index in [0.717, 1.165) is 17.8 Å². The van der Waals surface area contributed by atoms with Gasteiger partial charge < -0.3 is 0 Å². The van der Waals surface area contributed by atoms with Crippen molar-refractivity contribution in [2.45, 2.75) is 44.6 Å². The Labute approximate surface area is 117 Å². The van der Waals surface area contributed by atoms with Crippen molar-refractivity contribution in [3.05, 3.63) is 15.6 Å². The van der Waals surface area contributed by atoms with Crippen LogP contribution in [0.1, 0.15) is 47.6 Å². The number of sulfone groups is 1. The van der Waals surface area contributed by atoms with Gasteiger partial charge in [0, 0.05) is 0 Å². The van der Waals surface area contributed by atoms with Gasteiger partial charge in [0.25, 0.3) is 5.91 Å². The van der Waals surface area contributed by atoms with Gasteiger partial charge in [-0.05, 0) is 20.3 Å². The van der Waals surface area contributed by atoms with Gasteiger partial charge in [0.05, 0.1) is 10.9 Å². The molecule has 0 aromatic carbocycles. The monoisotopic (exact) mass is 305 g/mol. The summed E-state index contributed by atoms with van der Waals surface area (Å²) < 4.78 is 23.7. The number of aromatic nitrogens is 1. The highest BCUT2D eigenvalue weighted by Crippen LogP contribution is 2.23. The predicted molar refractivity (Wildman–Crippen MR) is 75.5 cm³/mol. The molecule has 0 fully saturated rings. The van der Waals surface area contributed by atoms with Gasteiger partial charge in [-0.25, -0.2) is 19.2 Å². The second kappa shape index (κ2) is 6.44. The van der Waals surface area contributed by atoms with Gasteiger partial charge in [-0.3, -0.25) is 10.2 Å². The first kappa shape index (κ1) is 16.1. The van der Waals surface area contributed by atoms with E-state index in [1.165, 1.54) is 0 Å². The van der Waals surface area contributed by atoms with Crippen molar-refractivity contribution in [2.24, 2.45) is 5.84 Å². The number of thiazole rings is 1. The van der Waals surface area contributed by atoms with Crippen LogP contribution in [0.15, 0.2) is 0 Å². The Morgan fingerprint density at radius 3 is 2.58 bits per heavy atom. The summed E-state index contributed by atoms with van der Waals surface area (Å²) in [4.78, 5) is 16.3. The van der Waals surface area contributed by atoms with Crippen LogP contribution >= 0.6 is 11.3 Å². The van der Waals surface area contributed by atoms with Crippen molar-refractivity contribution in [2.75, 3.05) is 0 Å². The zero-order valence-electron chi connectivity index (χ0n) is 11.3. The molecule has 1 rings (SSSR count). The number of carbonyl (C=O) groups is 1. The summed E-state index contributed by atoms with van der Waals surface area (Å²) in [6.45, 7) is 5.22. The molecule has 0 aliphatic heterocycles. The van der Waals surface area contributed by atoms with Crippen molar-refractivity contribution in [1.29, 1.82) is 0 Å². The zero-order chi connectivity index (χ0) is 14.6. The zero-order valence-corrected chi connectivity index (χ0v) is 12.9. The normalized spacial score (nSPS) is 11.8. The van der Waals surface area contributed by atoms with E-state index in [4.69, 9.17) is 5.84 Å². The maximum Gasteiger partial charge on any atom is 0.277 e. The third-order valence-electron chi connectivity index (χ3n) is 2.61. The molecule has 108 valence electrons. The molecule has 1 aromatic heterocycles. The molecule has 0 atom stereocenters. The number of nitrogens with zero attached hydrogens (tertiary/aromatic N) is 1. The lowest BCUT2D eigenvalue weighted by atomic mass is 10.2. The van der Waals surface area contributed by atoms with Crippen LogP contribution in [0.3, 0.4) is 0 Å². The van der Waals surface area contributed by atoms with Crippen molar-refractivity contribution in [1.82, 2.24) is 10.4 Å². The predicted octanol–water partition coefficient (Wildman–Crippen LogP) is 1.02. The van der Waals surface area contributed by atoms with Crippen molar-refractivity contribution >= 4 is 27.1 Å². The van der Waals surface area contributed by atoms with Gasteiger partial charge in [-0.15, -0.1) is 11.3 Å². The quantitative estimate of drug-likeness (QED) is 0.464. The number of carbonyl (C=O) groups excluding carboxylic acids is 1. The van der Waals surface area contributed by atoms with E-state index < -0.39 is 21.0 Å². The number of aryl methyl sites for hydroxylation is 1. The van der Waals surface area contributed by atoms with Crippen LogP contribution in [0.2, 0.25) is 0 Å². The van der Waals surface area contributed by atoms with E-state index in [1.54, 1.807) is 13.8 Å². The molecule has 1 amide bonds. The molecule has 0 aliphatic carbocycles. The van der Waals surface area contributed by atoms with E-state index >= 15 is 0 Å². The summed E-state index contributed by atoms with van der Waals surface area (Å²) in [5.41, 5.74) is 2.68. The maximum atomic E-state index is 11.9. The summed E-state index contributed by atoms with van der Waals surface area (Å²) in [5, 5.41) is -0.0199. The molecule has 3 N–H and O–H groups in total. The highest BCUT2D eigenvalue weighted by Gasteiger charge is 2.22. The molecule has 8 heteroatoms. The minimum Gasteiger partial charge on any atom is -0.289 e. The van der Waals surface area contributed by atoms with Crippen LogP contribution in [0.4, 0.5) is 0 Å². The van der Waals surface area contributed by atoms with Crippen LogP contribution in [-0.4, -0.2) is 24.6 Å². The van der Waals surface area contributed by atoms with Crippen LogP contribution in [0.25, 0.3) is 0 Å². The number of nitrogens with two attached hydrogens (primary N) is 1. The fraction of sp³-hybridized carbons (Fsp3) is 0.636. The summed E-state index contributed by atoms with van der Waals surface area (Å²) in [6.07, 6.45) is 1.45. The van der Waals surface area contributed by atoms with Crippen LogP contribution in [0.5, 0.6) is 0 Å². The maximum absolute atomic E-state index is 11.9. The Morgan fingerprint density at radius 2 is 2.11 bits per heavy atom. The van der Waals surface area contributed by atoms with Gasteiger partial charge in [0.2, 0.25) is 0 Å². The molecule has 0 saturated carbocycles. The Kier molecular flexibility index (Phi) is 5.45. The molecule has 0 spiro atoms. The molecular weight excluding hydrogens is 286 g/mol. The molecule has 0 radical (unpaired) electrons. The van der Waals surface area contributed by atoms with Crippen molar-refractivity contribution < 1.29 is 13.2 Å². The number of nitrogen functional groups attached to an aromatic ring is 1. The highest BCUT2D eigenvalue weighted by atomic mass is 32.2. The van der Waals surface area contributed by atoms with Gasteiger partial charge >= 0.3 is 0 Å². The topological polar surface area (TPSA) is 102 Å². The number of amides is 1. The first-order chi connectivity index (χ1) is 8.81. The van der Waals surface area contributed by atoms with Crippen LogP contribution in [-0.2, 0) is 22.0 Å². The van der Waals surface area contributed by atoms with Gasteiger partial charge in [-0.2, -0.15) is 0 Å². The summed E-state index contributed by atoms with van der Waals surface area (Å²) in [5.74, 6) is 4.56. The first-order valence-electron chi connectivity index (χ1n) is 6.02. The van der Waals surface area contributed by atoms with E-state index in [9.17, 15) is 13.2 Å². The molecule has 0 aliphatic rings. The highest BCUT2D eigenvalue weighted by molar-refractivity contribution is 7.91. The standard InChI is InChI=1S/C11H19N3O3S2/c1-4-5-8-10(11(15)14-12)18-9(13-8)6-19(16,17)7(2)3/h7H,4-6,12H2,1-3H3,(H,14,15). The van der Waals surface area contributed by atoms with E-state index in [1.807, 2.05) is 6.92 Å². The minimum absolute atomic E-state index is 0.135. The Hall–Kier alpha value is -0.990. The molecule has 19 heavy (non-hydrogen) atoms. The number of hydrogen-bond donors (Lipinski definition) is 2. The molecule has 1 aromatic rings. The SMILES string of the molecule is CCCc1nc(CS(=O)(=O)C(C)C)sc1C(=O)NN. The Morgan fingerprint density at radius 1 is 1.47 bits per heavy atom. The van der Waals surface area contributed by atoms with Gasteiger partial charge in [0.15, 0.2) is 9.84 Å². The second-order valence-corrected chi connectivity index (χ2v) is 8.10. The largest absolute Gasteiger partial charge is 0.289 e. The summed E-state index contributed by atoms with van der Waals surface area (Å²) in [6, 6.07) is 0. The van der Waals surface area contributed by atoms with Gasteiger partial charge in [0.1, 0.15) is 15.6 Å². The molecule has 6 nitrogen and oxygen atoms in total.